The molecule has 2 fully saturated rings. The van der Waals surface area contributed by atoms with Crippen molar-refractivity contribution in [3.63, 3.8) is 0 Å². The molecule has 15 heavy (non-hydrogen) atoms. The summed E-state index contributed by atoms with van der Waals surface area (Å²) in [6.45, 7) is 1.32. The summed E-state index contributed by atoms with van der Waals surface area (Å²) in [6, 6.07) is 12.7. The Morgan fingerprint density at radius 2 is 1.73 bits per heavy atom. The van der Waals surface area contributed by atoms with E-state index in [1.807, 2.05) is 0 Å². The molecule has 2 aliphatic rings. The second-order valence-corrected chi connectivity index (χ2v) is 4.89. The first-order chi connectivity index (χ1) is 7.45. The Hall–Kier alpha value is -0.820. The van der Waals surface area contributed by atoms with E-state index in [9.17, 15) is 0 Å². The van der Waals surface area contributed by atoms with Gasteiger partial charge in [0.15, 0.2) is 0 Å². The SMILES string of the molecule is c1ccc([C@@H]2CCC[C@@H]3CCCN32)cc1. The predicted molar refractivity (Wildman–Crippen MR) is 62.8 cm³/mol. The zero-order valence-corrected chi connectivity index (χ0v) is 9.23. The lowest BCUT2D eigenvalue weighted by molar-refractivity contribution is 0.123. The maximum Gasteiger partial charge on any atom is 0.0351 e. The van der Waals surface area contributed by atoms with Crippen molar-refractivity contribution in [2.45, 2.75) is 44.2 Å². The molecule has 2 aliphatic heterocycles. The van der Waals surface area contributed by atoms with Gasteiger partial charge in [-0.3, -0.25) is 4.90 Å². The molecule has 0 N–H and O–H groups in total. The van der Waals surface area contributed by atoms with Gasteiger partial charge in [0.2, 0.25) is 0 Å². The molecule has 0 saturated carbocycles. The summed E-state index contributed by atoms with van der Waals surface area (Å²) >= 11 is 0. The lowest BCUT2D eigenvalue weighted by Gasteiger charge is -2.38. The molecule has 2 heterocycles. The van der Waals surface area contributed by atoms with Gasteiger partial charge in [-0.15, -0.1) is 0 Å². The molecule has 1 aromatic carbocycles. The molecule has 2 atom stereocenters. The van der Waals surface area contributed by atoms with Gasteiger partial charge in [0.05, 0.1) is 0 Å². The highest BCUT2D eigenvalue weighted by molar-refractivity contribution is 5.20. The Kier molecular flexibility index (Phi) is 2.49. The molecular weight excluding hydrogens is 182 g/mol. The van der Waals surface area contributed by atoms with E-state index in [1.54, 1.807) is 0 Å². The van der Waals surface area contributed by atoms with Crippen LogP contribution >= 0.6 is 0 Å². The summed E-state index contributed by atoms with van der Waals surface area (Å²) in [5.74, 6) is 0. The van der Waals surface area contributed by atoms with E-state index in [4.69, 9.17) is 0 Å². The van der Waals surface area contributed by atoms with Gasteiger partial charge in [0, 0.05) is 12.1 Å². The Morgan fingerprint density at radius 1 is 0.933 bits per heavy atom. The van der Waals surface area contributed by atoms with E-state index in [-0.39, 0.29) is 0 Å². The summed E-state index contributed by atoms with van der Waals surface area (Å²) in [4.78, 5) is 2.75. The van der Waals surface area contributed by atoms with Crippen molar-refractivity contribution in [1.82, 2.24) is 4.90 Å². The topological polar surface area (TPSA) is 3.24 Å². The molecule has 0 bridgehead atoms. The van der Waals surface area contributed by atoms with Gasteiger partial charge < -0.3 is 0 Å². The van der Waals surface area contributed by atoms with Crippen molar-refractivity contribution < 1.29 is 0 Å². The highest BCUT2D eigenvalue weighted by Gasteiger charge is 2.34. The van der Waals surface area contributed by atoms with E-state index in [0.717, 1.165) is 6.04 Å². The quantitative estimate of drug-likeness (QED) is 0.673. The molecule has 0 radical (unpaired) electrons. The second-order valence-electron chi connectivity index (χ2n) is 4.89. The standard InChI is InChI=1S/C14H19N/c1-2-6-12(7-3-1)14-10-4-8-13-9-5-11-15(13)14/h1-3,6-7,13-14H,4-5,8-11H2/t13-,14+/m1/s1. The third-order valence-corrected chi connectivity index (χ3v) is 4.02. The molecule has 0 aromatic heterocycles. The number of fused-ring (bicyclic) bond motifs is 1. The van der Waals surface area contributed by atoms with Crippen LogP contribution in [0.4, 0.5) is 0 Å². The summed E-state index contributed by atoms with van der Waals surface area (Å²) in [6.07, 6.45) is 7.06. The molecule has 2 saturated heterocycles. The number of benzene rings is 1. The average molecular weight is 201 g/mol. The lowest BCUT2D eigenvalue weighted by atomic mass is 9.92. The van der Waals surface area contributed by atoms with Crippen LogP contribution in [0.1, 0.15) is 43.7 Å². The van der Waals surface area contributed by atoms with Gasteiger partial charge in [0.1, 0.15) is 0 Å². The highest BCUT2D eigenvalue weighted by Crippen LogP contribution is 2.38. The minimum absolute atomic E-state index is 0.715. The molecule has 80 valence electrons. The van der Waals surface area contributed by atoms with Crippen molar-refractivity contribution in [2.75, 3.05) is 6.54 Å². The maximum absolute atomic E-state index is 2.75. The van der Waals surface area contributed by atoms with E-state index in [2.05, 4.69) is 35.2 Å². The van der Waals surface area contributed by atoms with Crippen molar-refractivity contribution in [2.24, 2.45) is 0 Å². The van der Waals surface area contributed by atoms with E-state index < -0.39 is 0 Å². The lowest BCUT2D eigenvalue weighted by Crippen LogP contribution is -2.37. The molecule has 3 rings (SSSR count). The third-order valence-electron chi connectivity index (χ3n) is 4.02. The van der Waals surface area contributed by atoms with Crippen molar-refractivity contribution in [1.29, 1.82) is 0 Å². The summed E-state index contributed by atoms with van der Waals surface area (Å²) < 4.78 is 0. The van der Waals surface area contributed by atoms with Gasteiger partial charge in [-0.2, -0.15) is 0 Å². The van der Waals surface area contributed by atoms with Crippen LogP contribution in [0, 0.1) is 0 Å². The van der Waals surface area contributed by atoms with Gasteiger partial charge in [0.25, 0.3) is 0 Å². The number of nitrogens with zero attached hydrogens (tertiary/aromatic N) is 1. The van der Waals surface area contributed by atoms with Crippen molar-refractivity contribution in [3.8, 4) is 0 Å². The Balaban J connectivity index is 1.85. The average Bonchev–Trinajstić information content (AvgIpc) is 2.78. The van der Waals surface area contributed by atoms with Crippen LogP contribution in [-0.2, 0) is 0 Å². The first kappa shape index (κ1) is 9.41. The van der Waals surface area contributed by atoms with Crippen LogP contribution in [0.3, 0.4) is 0 Å². The second kappa shape index (κ2) is 3.97. The fourth-order valence-electron chi connectivity index (χ4n) is 3.32. The monoisotopic (exact) mass is 201 g/mol. The van der Waals surface area contributed by atoms with Gasteiger partial charge in [-0.05, 0) is 44.2 Å². The highest BCUT2D eigenvalue weighted by atomic mass is 15.2. The molecule has 0 spiro atoms. The number of piperidine rings is 1. The Morgan fingerprint density at radius 3 is 2.60 bits per heavy atom. The molecule has 0 unspecified atom stereocenters. The molecule has 1 heteroatoms. The maximum atomic E-state index is 2.75. The zero-order valence-electron chi connectivity index (χ0n) is 9.23. The van der Waals surface area contributed by atoms with Crippen LogP contribution in [-0.4, -0.2) is 17.5 Å². The number of hydrogen-bond acceptors (Lipinski definition) is 1. The fraction of sp³-hybridized carbons (Fsp3) is 0.571. The largest absolute Gasteiger partial charge is 0.293 e. The Bertz CT molecular complexity index is 319. The van der Waals surface area contributed by atoms with Gasteiger partial charge in [-0.1, -0.05) is 30.3 Å². The fourth-order valence-corrected chi connectivity index (χ4v) is 3.32. The normalized spacial score (nSPS) is 31.5. The number of hydrogen-bond donors (Lipinski definition) is 0. The first-order valence-corrected chi connectivity index (χ1v) is 6.26. The van der Waals surface area contributed by atoms with Gasteiger partial charge >= 0.3 is 0 Å². The number of rotatable bonds is 1. The predicted octanol–water partition coefficient (Wildman–Crippen LogP) is 3.38. The van der Waals surface area contributed by atoms with E-state index >= 15 is 0 Å². The van der Waals surface area contributed by atoms with Crippen LogP contribution < -0.4 is 0 Å². The molecular formula is C14H19N. The van der Waals surface area contributed by atoms with Crippen LogP contribution in [0.2, 0.25) is 0 Å². The molecule has 0 aliphatic carbocycles. The van der Waals surface area contributed by atoms with Gasteiger partial charge in [-0.25, -0.2) is 0 Å². The minimum Gasteiger partial charge on any atom is -0.293 e. The van der Waals surface area contributed by atoms with Crippen LogP contribution in [0.25, 0.3) is 0 Å². The van der Waals surface area contributed by atoms with E-state index in [0.29, 0.717) is 6.04 Å². The molecule has 0 amide bonds. The van der Waals surface area contributed by atoms with E-state index in [1.165, 1.54) is 44.2 Å². The van der Waals surface area contributed by atoms with Crippen LogP contribution in [0.5, 0.6) is 0 Å². The summed E-state index contributed by atoms with van der Waals surface area (Å²) in [5, 5.41) is 0. The van der Waals surface area contributed by atoms with Crippen LogP contribution in [0.15, 0.2) is 30.3 Å². The smallest absolute Gasteiger partial charge is 0.0351 e. The Labute approximate surface area is 92.1 Å². The molecule has 1 aromatic rings. The third kappa shape index (κ3) is 1.69. The molecule has 1 nitrogen and oxygen atoms in total. The summed E-state index contributed by atoms with van der Waals surface area (Å²) in [5.41, 5.74) is 1.53. The summed E-state index contributed by atoms with van der Waals surface area (Å²) in [7, 11) is 0. The van der Waals surface area contributed by atoms with Crippen molar-refractivity contribution in [3.05, 3.63) is 35.9 Å². The minimum atomic E-state index is 0.715. The zero-order chi connectivity index (χ0) is 10.1. The van der Waals surface area contributed by atoms with Crippen molar-refractivity contribution >= 4 is 0 Å². The first-order valence-electron chi connectivity index (χ1n) is 6.26.